The molecule has 0 unspecified atom stereocenters. The van der Waals surface area contributed by atoms with Crippen LogP contribution in [0.2, 0.25) is 0 Å². The monoisotopic (exact) mass is 278 g/mol. The van der Waals surface area contributed by atoms with Crippen LogP contribution in [-0.4, -0.2) is 19.2 Å². The van der Waals surface area contributed by atoms with E-state index in [1.807, 2.05) is 26.0 Å². The van der Waals surface area contributed by atoms with Crippen molar-refractivity contribution in [1.29, 1.82) is 0 Å². The fourth-order valence-electron chi connectivity index (χ4n) is 2.42. The van der Waals surface area contributed by atoms with Gasteiger partial charge in [0.15, 0.2) is 0 Å². The molecule has 0 aliphatic carbocycles. The van der Waals surface area contributed by atoms with Gasteiger partial charge in [0, 0.05) is 11.1 Å². The van der Waals surface area contributed by atoms with E-state index in [1.54, 1.807) is 19.9 Å². The zero-order valence-electron chi connectivity index (χ0n) is 12.3. The first-order valence-electron chi connectivity index (χ1n) is 6.33. The first kappa shape index (κ1) is 14.4. The lowest BCUT2D eigenvalue weighted by Gasteiger charge is -2.26. The van der Waals surface area contributed by atoms with Gasteiger partial charge in [0.25, 0.3) is 0 Å². The molecule has 5 nitrogen and oxygen atoms in total. The Morgan fingerprint density at radius 3 is 2.55 bits per heavy atom. The predicted octanol–water partition coefficient (Wildman–Crippen LogP) is 3.11. The summed E-state index contributed by atoms with van der Waals surface area (Å²) in [4.78, 5) is 23.5. The number of ether oxygens (including phenoxy) is 3. The van der Waals surface area contributed by atoms with Crippen molar-refractivity contribution >= 4 is 12.1 Å². The summed E-state index contributed by atoms with van der Waals surface area (Å²) in [6.07, 6.45) is -0.793. The molecule has 5 heteroatoms. The largest absolute Gasteiger partial charge is 0.508 e. The lowest BCUT2D eigenvalue weighted by atomic mass is 9.87. The van der Waals surface area contributed by atoms with Gasteiger partial charge in [-0.25, -0.2) is 9.59 Å². The molecule has 0 N–H and O–H groups in total. The van der Waals surface area contributed by atoms with Crippen LogP contribution in [0.25, 0.3) is 0 Å². The van der Waals surface area contributed by atoms with E-state index in [0.717, 1.165) is 5.56 Å². The van der Waals surface area contributed by atoms with Crippen LogP contribution in [0.5, 0.6) is 0 Å². The molecule has 20 heavy (non-hydrogen) atoms. The Kier molecular flexibility index (Phi) is 3.24. The summed E-state index contributed by atoms with van der Waals surface area (Å²) in [6.45, 7) is 7.07. The second kappa shape index (κ2) is 4.51. The molecule has 1 aliphatic rings. The number of carbonyl (C=O) groups is 2. The maximum Gasteiger partial charge on any atom is 0.508 e. The standard InChI is InChI=1S/C15H18O5/c1-14(2)9-7-6-8-10(11(9)12(16)19-14)15(3,4)20-13(17)18-5/h6-8H,1-5H3. The van der Waals surface area contributed by atoms with Crippen LogP contribution < -0.4 is 0 Å². The van der Waals surface area contributed by atoms with Crippen molar-refractivity contribution in [2.24, 2.45) is 0 Å². The van der Waals surface area contributed by atoms with Gasteiger partial charge in [-0.1, -0.05) is 18.2 Å². The third-order valence-corrected chi connectivity index (χ3v) is 3.42. The van der Waals surface area contributed by atoms with Gasteiger partial charge in [-0.3, -0.25) is 0 Å². The quantitative estimate of drug-likeness (QED) is 0.778. The van der Waals surface area contributed by atoms with E-state index in [4.69, 9.17) is 9.47 Å². The number of rotatable bonds is 2. The molecule has 1 heterocycles. The topological polar surface area (TPSA) is 61.8 Å². The zero-order chi connectivity index (χ0) is 15.1. The van der Waals surface area contributed by atoms with E-state index in [0.29, 0.717) is 11.1 Å². The minimum atomic E-state index is -0.988. The maximum atomic E-state index is 12.1. The number of hydrogen-bond donors (Lipinski definition) is 0. The van der Waals surface area contributed by atoms with Crippen LogP contribution in [0.3, 0.4) is 0 Å². The van der Waals surface area contributed by atoms with Gasteiger partial charge in [-0.05, 0) is 27.7 Å². The molecule has 1 aliphatic heterocycles. The Morgan fingerprint density at radius 2 is 1.95 bits per heavy atom. The maximum absolute atomic E-state index is 12.1. The zero-order valence-corrected chi connectivity index (χ0v) is 12.3. The highest BCUT2D eigenvalue weighted by Gasteiger charge is 2.42. The molecule has 2 rings (SSSR count). The van der Waals surface area contributed by atoms with Crippen LogP contribution in [-0.2, 0) is 25.4 Å². The summed E-state index contributed by atoms with van der Waals surface area (Å²) in [6, 6.07) is 5.42. The van der Waals surface area contributed by atoms with E-state index in [9.17, 15) is 9.59 Å². The Morgan fingerprint density at radius 1 is 1.30 bits per heavy atom. The molecule has 1 aromatic rings. The molecule has 108 valence electrons. The summed E-state index contributed by atoms with van der Waals surface area (Å²) in [5.41, 5.74) is 0.200. The first-order chi connectivity index (χ1) is 9.19. The number of esters is 1. The third-order valence-electron chi connectivity index (χ3n) is 3.42. The van der Waals surface area contributed by atoms with Crippen molar-refractivity contribution in [3.05, 3.63) is 34.9 Å². The molecule has 0 atom stereocenters. The Bertz CT molecular complexity index is 572. The van der Waals surface area contributed by atoms with Crippen LogP contribution in [0.4, 0.5) is 4.79 Å². The van der Waals surface area contributed by atoms with Gasteiger partial charge in [0.1, 0.15) is 11.2 Å². The summed E-state index contributed by atoms with van der Waals surface area (Å²) in [5.74, 6) is -0.401. The fraction of sp³-hybridized carbons (Fsp3) is 0.467. The molecule has 0 amide bonds. The first-order valence-corrected chi connectivity index (χ1v) is 6.33. The Balaban J connectivity index is 2.53. The summed E-state index contributed by atoms with van der Waals surface area (Å²) >= 11 is 0. The van der Waals surface area contributed by atoms with Gasteiger partial charge >= 0.3 is 12.1 Å². The Hall–Kier alpha value is -2.04. The van der Waals surface area contributed by atoms with Gasteiger partial charge in [-0.2, -0.15) is 0 Å². The molecular formula is C15H18O5. The molecule has 0 aromatic heterocycles. The molecule has 0 saturated carbocycles. The highest BCUT2D eigenvalue weighted by Crippen LogP contribution is 2.41. The molecular weight excluding hydrogens is 260 g/mol. The molecule has 0 radical (unpaired) electrons. The summed E-state index contributed by atoms with van der Waals surface area (Å²) in [7, 11) is 1.24. The van der Waals surface area contributed by atoms with E-state index in [2.05, 4.69) is 4.74 Å². The van der Waals surface area contributed by atoms with Crippen molar-refractivity contribution in [3.63, 3.8) is 0 Å². The molecule has 0 bridgehead atoms. The van der Waals surface area contributed by atoms with Crippen LogP contribution in [0.15, 0.2) is 18.2 Å². The van der Waals surface area contributed by atoms with Gasteiger partial charge in [0.2, 0.25) is 0 Å². The van der Waals surface area contributed by atoms with Crippen molar-refractivity contribution in [1.82, 2.24) is 0 Å². The normalized spacial score (nSPS) is 16.4. The second-order valence-electron chi connectivity index (χ2n) is 5.69. The number of methoxy groups -OCH3 is 1. The van der Waals surface area contributed by atoms with Crippen molar-refractivity contribution < 1.29 is 23.8 Å². The van der Waals surface area contributed by atoms with E-state index in [-0.39, 0.29) is 0 Å². The summed E-state index contributed by atoms with van der Waals surface area (Å²) < 4.78 is 15.1. The van der Waals surface area contributed by atoms with Crippen molar-refractivity contribution in [3.8, 4) is 0 Å². The van der Waals surface area contributed by atoms with Gasteiger partial charge < -0.3 is 14.2 Å². The molecule has 0 fully saturated rings. The molecule has 0 spiro atoms. The van der Waals surface area contributed by atoms with Gasteiger partial charge in [-0.15, -0.1) is 0 Å². The van der Waals surface area contributed by atoms with Crippen LogP contribution in [0.1, 0.15) is 49.2 Å². The van der Waals surface area contributed by atoms with E-state index < -0.39 is 23.3 Å². The third kappa shape index (κ3) is 2.24. The lowest BCUT2D eigenvalue weighted by molar-refractivity contribution is -0.0109. The van der Waals surface area contributed by atoms with E-state index in [1.165, 1.54) is 7.11 Å². The minimum Gasteiger partial charge on any atom is -0.451 e. The Labute approximate surface area is 117 Å². The highest BCUT2D eigenvalue weighted by atomic mass is 16.7. The van der Waals surface area contributed by atoms with Crippen molar-refractivity contribution in [2.75, 3.05) is 7.11 Å². The van der Waals surface area contributed by atoms with Gasteiger partial charge in [0.05, 0.1) is 12.7 Å². The predicted molar refractivity (Wildman–Crippen MR) is 71.4 cm³/mol. The highest BCUT2D eigenvalue weighted by molar-refractivity contribution is 5.96. The minimum absolute atomic E-state index is 0.401. The smallest absolute Gasteiger partial charge is 0.451 e. The second-order valence-corrected chi connectivity index (χ2v) is 5.69. The number of benzene rings is 1. The molecule has 1 aromatic carbocycles. The number of carbonyl (C=O) groups excluding carboxylic acids is 2. The average Bonchev–Trinajstić information content (AvgIpc) is 2.59. The van der Waals surface area contributed by atoms with Crippen molar-refractivity contribution in [2.45, 2.75) is 38.9 Å². The fourth-order valence-corrected chi connectivity index (χ4v) is 2.42. The number of hydrogen-bond acceptors (Lipinski definition) is 5. The molecule has 0 saturated heterocycles. The number of fused-ring (bicyclic) bond motifs is 1. The lowest BCUT2D eigenvalue weighted by Crippen LogP contribution is -2.27. The van der Waals surface area contributed by atoms with Crippen LogP contribution >= 0.6 is 0 Å². The van der Waals surface area contributed by atoms with Crippen LogP contribution in [0, 0.1) is 0 Å². The SMILES string of the molecule is COC(=O)OC(C)(C)c1cccc2c1C(=O)OC2(C)C. The van der Waals surface area contributed by atoms with E-state index >= 15 is 0 Å². The number of cyclic esters (lactones) is 1. The summed E-state index contributed by atoms with van der Waals surface area (Å²) in [5, 5.41) is 0. The average molecular weight is 278 g/mol.